The summed E-state index contributed by atoms with van der Waals surface area (Å²) in [6, 6.07) is 12.0. The van der Waals surface area contributed by atoms with E-state index in [0.717, 1.165) is 25.4 Å². The Labute approximate surface area is 182 Å². The third kappa shape index (κ3) is 4.31. The Bertz CT molecular complexity index is 946. The molecule has 2 aromatic carbocycles. The molecule has 1 heterocycles. The molecule has 4 rings (SSSR count). The van der Waals surface area contributed by atoms with Crippen LogP contribution in [0.1, 0.15) is 52.8 Å². The van der Waals surface area contributed by atoms with E-state index >= 15 is 0 Å². The van der Waals surface area contributed by atoms with E-state index < -0.39 is 0 Å². The zero-order chi connectivity index (χ0) is 21.1. The molecule has 0 bridgehead atoms. The summed E-state index contributed by atoms with van der Waals surface area (Å²) in [5, 5.41) is 3.22. The van der Waals surface area contributed by atoms with E-state index in [1.165, 1.54) is 25.7 Å². The zero-order valence-electron chi connectivity index (χ0n) is 17.2. The standard InChI is InChI=1S/C24H27ClN2O3/c1-30-22-14-18(26-23(28)19-8-4-5-9-21(19)25)10-11-20(22)24(29)27-13-12-16-6-2-3-7-17(16)15-27/h4-5,8-11,14,16-17H,2-3,6-7,12-13,15H2,1H3,(H,26,28). The second-order valence-electron chi connectivity index (χ2n) is 8.19. The van der Waals surface area contributed by atoms with Crippen LogP contribution in [-0.2, 0) is 0 Å². The van der Waals surface area contributed by atoms with Crippen molar-refractivity contribution in [2.24, 2.45) is 11.8 Å². The van der Waals surface area contributed by atoms with Gasteiger partial charge in [0.15, 0.2) is 0 Å². The number of piperidine rings is 1. The molecule has 2 atom stereocenters. The second kappa shape index (κ2) is 9.09. The number of anilines is 1. The number of rotatable bonds is 4. The minimum Gasteiger partial charge on any atom is -0.496 e. The highest BCUT2D eigenvalue weighted by atomic mass is 35.5. The van der Waals surface area contributed by atoms with E-state index in [2.05, 4.69) is 5.32 Å². The smallest absolute Gasteiger partial charge is 0.257 e. The number of hydrogen-bond acceptors (Lipinski definition) is 3. The fraction of sp³-hybridized carbons (Fsp3) is 0.417. The van der Waals surface area contributed by atoms with E-state index in [-0.39, 0.29) is 11.8 Å². The lowest BCUT2D eigenvalue weighted by atomic mass is 9.75. The van der Waals surface area contributed by atoms with Gasteiger partial charge in [-0.2, -0.15) is 0 Å². The molecule has 2 aromatic rings. The summed E-state index contributed by atoms with van der Waals surface area (Å²) in [6.45, 7) is 1.63. The van der Waals surface area contributed by atoms with E-state index in [1.807, 2.05) is 4.90 Å². The molecule has 30 heavy (non-hydrogen) atoms. The Morgan fingerprint density at radius 1 is 1.03 bits per heavy atom. The predicted molar refractivity (Wildman–Crippen MR) is 118 cm³/mol. The lowest BCUT2D eigenvalue weighted by molar-refractivity contribution is 0.0518. The first kappa shape index (κ1) is 20.7. The van der Waals surface area contributed by atoms with Crippen LogP contribution in [0.15, 0.2) is 42.5 Å². The number of methoxy groups -OCH3 is 1. The van der Waals surface area contributed by atoms with Gasteiger partial charge >= 0.3 is 0 Å². The maximum atomic E-state index is 13.2. The largest absolute Gasteiger partial charge is 0.496 e. The molecular formula is C24H27ClN2O3. The number of likely N-dealkylation sites (tertiary alicyclic amines) is 1. The van der Waals surface area contributed by atoms with Gasteiger partial charge < -0.3 is 15.0 Å². The molecule has 2 amide bonds. The minimum atomic E-state index is -0.305. The summed E-state index contributed by atoms with van der Waals surface area (Å²) >= 11 is 6.11. The van der Waals surface area contributed by atoms with Crippen molar-refractivity contribution in [3.8, 4) is 5.75 Å². The van der Waals surface area contributed by atoms with Crippen molar-refractivity contribution in [3.05, 3.63) is 58.6 Å². The van der Waals surface area contributed by atoms with Crippen LogP contribution in [0, 0.1) is 11.8 Å². The van der Waals surface area contributed by atoms with Crippen LogP contribution in [0.25, 0.3) is 0 Å². The summed E-state index contributed by atoms with van der Waals surface area (Å²) in [5.74, 6) is 1.55. The van der Waals surface area contributed by atoms with E-state index in [4.69, 9.17) is 16.3 Å². The Balaban J connectivity index is 1.49. The summed E-state index contributed by atoms with van der Waals surface area (Å²) in [4.78, 5) is 27.7. The molecule has 5 nitrogen and oxygen atoms in total. The first-order valence-corrected chi connectivity index (χ1v) is 11.0. The molecule has 0 radical (unpaired) electrons. The molecule has 158 valence electrons. The van der Waals surface area contributed by atoms with Gasteiger partial charge in [-0.1, -0.05) is 43.0 Å². The number of nitrogens with one attached hydrogen (secondary N) is 1. The molecule has 2 aliphatic rings. The quantitative estimate of drug-likeness (QED) is 0.726. The van der Waals surface area contributed by atoms with Gasteiger partial charge in [0.05, 0.1) is 23.3 Å². The van der Waals surface area contributed by atoms with Gasteiger partial charge in [0.25, 0.3) is 11.8 Å². The fourth-order valence-electron chi connectivity index (χ4n) is 4.75. The lowest BCUT2D eigenvalue weighted by Gasteiger charge is -2.41. The first-order chi connectivity index (χ1) is 14.6. The summed E-state index contributed by atoms with van der Waals surface area (Å²) in [7, 11) is 1.54. The average Bonchev–Trinajstić information content (AvgIpc) is 2.78. The Morgan fingerprint density at radius 2 is 1.80 bits per heavy atom. The molecule has 1 aliphatic carbocycles. The molecule has 0 spiro atoms. The Kier molecular flexibility index (Phi) is 6.28. The Morgan fingerprint density at radius 3 is 2.57 bits per heavy atom. The van der Waals surface area contributed by atoms with Gasteiger partial charge in [0.1, 0.15) is 5.75 Å². The number of benzene rings is 2. The molecule has 2 fully saturated rings. The molecule has 1 saturated heterocycles. The SMILES string of the molecule is COc1cc(NC(=O)c2ccccc2Cl)ccc1C(=O)N1CCC2CCCCC2C1. The highest BCUT2D eigenvalue weighted by Crippen LogP contribution is 2.37. The summed E-state index contributed by atoms with van der Waals surface area (Å²) in [5.41, 5.74) is 1.48. The summed E-state index contributed by atoms with van der Waals surface area (Å²) < 4.78 is 5.49. The van der Waals surface area contributed by atoms with Crippen LogP contribution < -0.4 is 10.1 Å². The van der Waals surface area contributed by atoms with Crippen LogP contribution in [0.5, 0.6) is 5.75 Å². The van der Waals surface area contributed by atoms with Crippen molar-refractivity contribution >= 4 is 29.1 Å². The second-order valence-corrected chi connectivity index (χ2v) is 8.60. The van der Waals surface area contributed by atoms with Crippen LogP contribution in [-0.4, -0.2) is 36.9 Å². The maximum Gasteiger partial charge on any atom is 0.257 e. The topological polar surface area (TPSA) is 58.6 Å². The van der Waals surface area contributed by atoms with E-state index in [1.54, 1.807) is 49.6 Å². The van der Waals surface area contributed by atoms with Crippen LogP contribution in [0.2, 0.25) is 5.02 Å². The monoisotopic (exact) mass is 426 g/mol. The van der Waals surface area contributed by atoms with Crippen LogP contribution >= 0.6 is 11.6 Å². The normalized spacial score (nSPS) is 20.9. The van der Waals surface area contributed by atoms with Crippen molar-refractivity contribution in [3.63, 3.8) is 0 Å². The highest BCUT2D eigenvalue weighted by molar-refractivity contribution is 6.34. The van der Waals surface area contributed by atoms with Crippen molar-refractivity contribution < 1.29 is 14.3 Å². The number of carbonyl (C=O) groups is 2. The Hall–Kier alpha value is -2.53. The number of carbonyl (C=O) groups excluding carboxylic acids is 2. The molecule has 1 saturated carbocycles. The van der Waals surface area contributed by atoms with Crippen molar-refractivity contribution in [1.29, 1.82) is 0 Å². The van der Waals surface area contributed by atoms with Gasteiger partial charge in [-0.3, -0.25) is 9.59 Å². The number of hydrogen-bond donors (Lipinski definition) is 1. The molecular weight excluding hydrogens is 400 g/mol. The van der Waals surface area contributed by atoms with Gasteiger partial charge in [-0.25, -0.2) is 0 Å². The number of ether oxygens (including phenoxy) is 1. The number of fused-ring (bicyclic) bond motifs is 1. The average molecular weight is 427 g/mol. The summed E-state index contributed by atoms with van der Waals surface area (Å²) in [6.07, 6.45) is 6.20. The van der Waals surface area contributed by atoms with Gasteiger partial charge in [-0.15, -0.1) is 0 Å². The molecule has 0 aromatic heterocycles. The maximum absolute atomic E-state index is 13.2. The number of amides is 2. The fourth-order valence-corrected chi connectivity index (χ4v) is 4.97. The molecule has 6 heteroatoms. The first-order valence-electron chi connectivity index (χ1n) is 10.6. The number of halogens is 1. The van der Waals surface area contributed by atoms with E-state index in [0.29, 0.717) is 33.5 Å². The van der Waals surface area contributed by atoms with Gasteiger partial charge in [0, 0.05) is 24.8 Å². The molecule has 1 N–H and O–H groups in total. The van der Waals surface area contributed by atoms with E-state index in [9.17, 15) is 9.59 Å². The predicted octanol–water partition coefficient (Wildman–Crippen LogP) is 5.25. The van der Waals surface area contributed by atoms with Gasteiger partial charge in [-0.05, 0) is 48.9 Å². The lowest BCUT2D eigenvalue weighted by Crippen LogP contribution is -2.44. The zero-order valence-corrected chi connectivity index (χ0v) is 18.0. The minimum absolute atomic E-state index is 0.000135. The van der Waals surface area contributed by atoms with Crippen molar-refractivity contribution in [1.82, 2.24) is 4.90 Å². The van der Waals surface area contributed by atoms with Crippen LogP contribution in [0.4, 0.5) is 5.69 Å². The van der Waals surface area contributed by atoms with Crippen molar-refractivity contribution in [2.45, 2.75) is 32.1 Å². The third-order valence-corrected chi connectivity index (χ3v) is 6.72. The van der Waals surface area contributed by atoms with Crippen molar-refractivity contribution in [2.75, 3.05) is 25.5 Å². The van der Waals surface area contributed by atoms with Crippen LogP contribution in [0.3, 0.4) is 0 Å². The third-order valence-electron chi connectivity index (χ3n) is 6.39. The molecule has 2 unspecified atom stereocenters. The molecule has 1 aliphatic heterocycles. The number of nitrogens with zero attached hydrogens (tertiary/aromatic N) is 1. The van der Waals surface area contributed by atoms with Gasteiger partial charge in [0.2, 0.25) is 0 Å². The highest BCUT2D eigenvalue weighted by Gasteiger charge is 2.33.